The molecule has 0 bridgehead atoms. The van der Waals surface area contributed by atoms with Gasteiger partial charge in [-0.25, -0.2) is 20.0 Å². The van der Waals surface area contributed by atoms with Crippen LogP contribution in [0.2, 0.25) is 0 Å². The van der Waals surface area contributed by atoms with Crippen molar-refractivity contribution in [2.45, 2.75) is 0 Å². The van der Waals surface area contributed by atoms with Gasteiger partial charge >= 0.3 is 0 Å². The lowest BCUT2D eigenvalue weighted by molar-refractivity contribution is 1.28. The molecule has 0 N–H and O–H groups in total. The fourth-order valence-electron chi connectivity index (χ4n) is 2.99. The molecule has 124 valence electrons. The van der Waals surface area contributed by atoms with Crippen molar-refractivity contribution in [2.75, 3.05) is 0 Å². The summed E-state index contributed by atoms with van der Waals surface area (Å²) in [6.07, 6.45) is 0. The Kier molecular flexibility index (Phi) is 3.48. The van der Waals surface area contributed by atoms with Gasteiger partial charge in [0, 0.05) is 10.8 Å². The van der Waals surface area contributed by atoms with Gasteiger partial charge in [-0.3, -0.25) is 0 Å². The summed E-state index contributed by atoms with van der Waals surface area (Å²) < 4.78 is 0. The molecule has 0 aliphatic carbocycles. The van der Waals surface area contributed by atoms with E-state index in [9.17, 15) is 0 Å². The van der Waals surface area contributed by atoms with E-state index in [1.165, 1.54) is 0 Å². The fourth-order valence-corrected chi connectivity index (χ4v) is 3.43. The molecule has 0 radical (unpaired) electrons. The first-order valence-corrected chi connectivity index (χ1v) is 8.73. The highest BCUT2D eigenvalue weighted by Gasteiger charge is 2.19. The molecule has 26 heavy (non-hydrogen) atoms. The van der Waals surface area contributed by atoms with E-state index >= 15 is 0 Å². The van der Waals surface area contributed by atoms with Gasteiger partial charge in [-0.05, 0) is 24.3 Å². The highest BCUT2D eigenvalue weighted by molar-refractivity contribution is 6.72. The smallest absolute Gasteiger partial charge is 0.164 e. The van der Waals surface area contributed by atoms with Gasteiger partial charge in [0.25, 0.3) is 0 Å². The Morgan fingerprint density at radius 1 is 0.577 bits per heavy atom. The molecule has 0 fully saturated rings. The van der Waals surface area contributed by atoms with Crippen LogP contribution in [0.1, 0.15) is 11.1 Å². The molecule has 3 heterocycles. The van der Waals surface area contributed by atoms with E-state index in [4.69, 9.17) is 23.2 Å². The summed E-state index contributed by atoms with van der Waals surface area (Å²) >= 11 is 13.0. The third-order valence-electron chi connectivity index (χ3n) is 4.26. The third kappa shape index (κ3) is 2.46. The Morgan fingerprint density at radius 3 is 1.46 bits per heavy atom. The summed E-state index contributed by atoms with van der Waals surface area (Å²) in [4.78, 5) is 18.2. The highest BCUT2D eigenvalue weighted by atomic mass is 35.5. The van der Waals surface area contributed by atoms with Crippen LogP contribution in [0.25, 0.3) is 21.8 Å². The minimum absolute atomic E-state index is 0.287. The fraction of sp³-hybridized carbons (Fsp3) is 0. The van der Waals surface area contributed by atoms with Crippen molar-refractivity contribution in [2.24, 2.45) is 9.98 Å². The normalized spacial score (nSPS) is 13.5. The second-order valence-corrected chi connectivity index (χ2v) is 6.63. The Bertz CT molecular complexity index is 1160. The van der Waals surface area contributed by atoms with Crippen LogP contribution >= 0.6 is 23.2 Å². The minimum atomic E-state index is 0.287. The molecule has 0 spiro atoms. The van der Waals surface area contributed by atoms with Crippen LogP contribution in [0, 0.1) is 0 Å². The van der Waals surface area contributed by atoms with E-state index in [2.05, 4.69) is 20.0 Å². The first-order valence-electron chi connectivity index (χ1n) is 7.98. The average molecular weight is 377 g/mol. The number of hydrogen-bond donors (Lipinski definition) is 0. The summed E-state index contributed by atoms with van der Waals surface area (Å²) in [6.45, 7) is 0. The minimum Gasteiger partial charge on any atom is -0.228 e. The highest BCUT2D eigenvalue weighted by Crippen LogP contribution is 2.32. The van der Waals surface area contributed by atoms with Gasteiger partial charge < -0.3 is 0 Å². The van der Waals surface area contributed by atoms with Crippen molar-refractivity contribution in [3.05, 3.63) is 71.8 Å². The molecule has 0 saturated heterocycles. The lowest BCUT2D eigenvalue weighted by Crippen LogP contribution is -2.03. The monoisotopic (exact) mass is 376 g/mol. The molecule has 2 aromatic heterocycles. The van der Waals surface area contributed by atoms with E-state index in [1.807, 2.05) is 60.7 Å². The summed E-state index contributed by atoms with van der Waals surface area (Å²) in [6, 6.07) is 19.4. The van der Waals surface area contributed by atoms with Gasteiger partial charge in [-0.1, -0.05) is 59.6 Å². The quantitative estimate of drug-likeness (QED) is 0.393. The van der Waals surface area contributed by atoms with Crippen molar-refractivity contribution < 1.29 is 0 Å². The maximum Gasteiger partial charge on any atom is 0.164 e. The SMILES string of the molecule is ClC1=Nc2nc3ccccc3cc2C(Cl)=Nc2nc3ccccc3cc21. The summed E-state index contributed by atoms with van der Waals surface area (Å²) in [5, 5.41) is 2.49. The molecule has 0 unspecified atom stereocenters. The van der Waals surface area contributed by atoms with Gasteiger partial charge in [0.15, 0.2) is 11.6 Å². The molecule has 0 saturated carbocycles. The maximum absolute atomic E-state index is 6.51. The van der Waals surface area contributed by atoms with E-state index in [0.717, 1.165) is 21.8 Å². The lowest BCUT2D eigenvalue weighted by Gasteiger charge is -2.12. The number of nitrogens with zero attached hydrogens (tertiary/aromatic N) is 4. The van der Waals surface area contributed by atoms with Crippen LogP contribution in [0.15, 0.2) is 70.6 Å². The number of aromatic nitrogens is 2. The molecule has 4 nitrogen and oxygen atoms in total. The molecule has 2 aromatic carbocycles. The Morgan fingerprint density at radius 2 is 1.00 bits per heavy atom. The zero-order chi connectivity index (χ0) is 17.7. The van der Waals surface area contributed by atoms with Gasteiger partial charge in [-0.15, -0.1) is 0 Å². The molecular weight excluding hydrogens is 367 g/mol. The molecule has 5 rings (SSSR count). The standard InChI is InChI=1S/C20H10Cl2N4/c21-17-13-9-11-5-1-3-7-15(11)23-19(13)26-18(22)14-10-12-6-2-4-8-16(12)24-20(14)25-17/h1-10H. The van der Waals surface area contributed by atoms with Gasteiger partial charge in [0.2, 0.25) is 0 Å². The first-order chi connectivity index (χ1) is 12.7. The average Bonchev–Trinajstić information content (AvgIpc) is 2.66. The van der Waals surface area contributed by atoms with Crippen LogP contribution < -0.4 is 0 Å². The number of halogens is 2. The summed E-state index contributed by atoms with van der Waals surface area (Å²) in [5.74, 6) is 0.891. The largest absolute Gasteiger partial charge is 0.228 e. The molecule has 6 heteroatoms. The van der Waals surface area contributed by atoms with E-state index < -0.39 is 0 Å². The second kappa shape index (κ2) is 5.87. The Hall–Kier alpha value is -2.82. The number of pyridine rings is 2. The predicted octanol–water partition coefficient (Wildman–Crippen LogP) is 5.73. The van der Waals surface area contributed by atoms with Crippen LogP contribution in [0.4, 0.5) is 11.6 Å². The molecule has 1 aliphatic rings. The molecule has 1 aliphatic heterocycles. The van der Waals surface area contributed by atoms with Crippen molar-refractivity contribution in [1.82, 2.24) is 9.97 Å². The van der Waals surface area contributed by atoms with E-state index in [-0.39, 0.29) is 10.3 Å². The van der Waals surface area contributed by atoms with Gasteiger partial charge in [0.1, 0.15) is 10.3 Å². The van der Waals surface area contributed by atoms with Crippen molar-refractivity contribution in [3.63, 3.8) is 0 Å². The number of hydrogen-bond acceptors (Lipinski definition) is 4. The molecular formula is C20H10Cl2N4. The predicted molar refractivity (Wildman–Crippen MR) is 108 cm³/mol. The van der Waals surface area contributed by atoms with Gasteiger partial charge in [-0.2, -0.15) is 0 Å². The molecule has 0 amide bonds. The number of benzene rings is 2. The van der Waals surface area contributed by atoms with E-state index in [1.54, 1.807) is 0 Å². The Balaban J connectivity index is 1.82. The van der Waals surface area contributed by atoms with Crippen LogP contribution in [0.5, 0.6) is 0 Å². The maximum atomic E-state index is 6.51. The van der Waals surface area contributed by atoms with Crippen LogP contribution in [-0.2, 0) is 0 Å². The van der Waals surface area contributed by atoms with E-state index in [0.29, 0.717) is 22.8 Å². The summed E-state index contributed by atoms with van der Waals surface area (Å²) in [7, 11) is 0. The molecule has 4 aromatic rings. The molecule has 0 atom stereocenters. The summed E-state index contributed by atoms with van der Waals surface area (Å²) in [5.41, 5.74) is 2.90. The number of rotatable bonds is 0. The van der Waals surface area contributed by atoms with Crippen LogP contribution in [0.3, 0.4) is 0 Å². The Labute approximate surface area is 158 Å². The number of para-hydroxylation sites is 2. The van der Waals surface area contributed by atoms with Crippen molar-refractivity contribution in [1.29, 1.82) is 0 Å². The van der Waals surface area contributed by atoms with Crippen LogP contribution in [-0.4, -0.2) is 20.3 Å². The second-order valence-electron chi connectivity index (χ2n) is 5.91. The number of aliphatic imine (C=N–C) groups is 2. The zero-order valence-corrected chi connectivity index (χ0v) is 14.8. The topological polar surface area (TPSA) is 50.5 Å². The zero-order valence-electron chi connectivity index (χ0n) is 13.3. The van der Waals surface area contributed by atoms with Crippen molar-refractivity contribution >= 4 is 67.0 Å². The lowest BCUT2D eigenvalue weighted by atomic mass is 10.1. The van der Waals surface area contributed by atoms with Gasteiger partial charge in [0.05, 0.1) is 22.2 Å². The third-order valence-corrected chi connectivity index (χ3v) is 4.84. The first kappa shape index (κ1) is 15.4. The number of fused-ring (bicyclic) bond motifs is 4. The van der Waals surface area contributed by atoms with Crippen molar-refractivity contribution in [3.8, 4) is 0 Å².